The van der Waals surface area contributed by atoms with Gasteiger partial charge in [0, 0.05) is 24.8 Å². The Balaban J connectivity index is 1.87. The van der Waals surface area contributed by atoms with Gasteiger partial charge in [-0.15, -0.1) is 0 Å². The van der Waals surface area contributed by atoms with Crippen LogP contribution in [0, 0.1) is 0 Å². The molecule has 0 spiro atoms. The Kier molecular flexibility index (Phi) is 5.75. The molecular weight excluding hydrogens is 364 g/mol. The number of hydrogen-bond donors (Lipinski definition) is 2. The smallest absolute Gasteiger partial charge is 0.259 e. The first-order valence-electron chi connectivity index (χ1n) is 9.02. The molecule has 2 aromatic carbocycles. The number of rotatable bonds is 4. The van der Waals surface area contributed by atoms with E-state index in [4.69, 9.17) is 16.3 Å². The Labute approximate surface area is 164 Å². The minimum Gasteiger partial charge on any atom is -0.491 e. The Morgan fingerprint density at radius 1 is 1.33 bits per heavy atom. The first-order valence-corrected chi connectivity index (χ1v) is 9.40. The summed E-state index contributed by atoms with van der Waals surface area (Å²) in [6.07, 6.45) is 0. The summed E-state index contributed by atoms with van der Waals surface area (Å²) in [5.74, 6) is 0.377. The Morgan fingerprint density at radius 2 is 2.07 bits per heavy atom. The van der Waals surface area contributed by atoms with Gasteiger partial charge in [-0.25, -0.2) is 0 Å². The Morgan fingerprint density at radius 3 is 2.78 bits per heavy atom. The summed E-state index contributed by atoms with van der Waals surface area (Å²) in [4.78, 5) is 15.0. The molecule has 2 N–H and O–H groups in total. The summed E-state index contributed by atoms with van der Waals surface area (Å²) in [5, 5.41) is 13.5. The number of halogens is 1. The number of amides is 1. The van der Waals surface area contributed by atoms with Gasteiger partial charge in [-0.05, 0) is 50.6 Å². The Bertz CT molecular complexity index is 832. The molecule has 0 unspecified atom stereocenters. The first kappa shape index (κ1) is 19.7. The van der Waals surface area contributed by atoms with E-state index in [-0.39, 0.29) is 18.6 Å². The molecule has 0 fully saturated rings. The summed E-state index contributed by atoms with van der Waals surface area (Å²) in [7, 11) is 0. The van der Waals surface area contributed by atoms with Gasteiger partial charge in [-0.3, -0.25) is 4.79 Å². The number of ether oxygens (including phenoxy) is 1. The van der Waals surface area contributed by atoms with Gasteiger partial charge in [-0.1, -0.05) is 29.8 Å². The quantitative estimate of drug-likeness (QED) is 0.839. The minimum atomic E-state index is -0.945. The first-order chi connectivity index (χ1) is 12.7. The van der Waals surface area contributed by atoms with Crippen molar-refractivity contribution in [1.82, 2.24) is 5.32 Å². The van der Waals surface area contributed by atoms with E-state index < -0.39 is 5.60 Å². The monoisotopic (exact) mass is 388 g/mol. The summed E-state index contributed by atoms with van der Waals surface area (Å²) in [6.45, 7) is 6.80. The van der Waals surface area contributed by atoms with Gasteiger partial charge in [0.25, 0.3) is 5.91 Å². The van der Waals surface area contributed by atoms with Gasteiger partial charge in [0.1, 0.15) is 12.4 Å². The molecule has 2 aromatic rings. The predicted molar refractivity (Wildman–Crippen MR) is 108 cm³/mol. The van der Waals surface area contributed by atoms with Crippen LogP contribution in [0.15, 0.2) is 42.5 Å². The topological polar surface area (TPSA) is 61.8 Å². The lowest BCUT2D eigenvalue weighted by atomic mass is 10.1. The zero-order valence-corrected chi connectivity index (χ0v) is 16.6. The molecule has 0 aliphatic carbocycles. The molecule has 1 atom stereocenters. The van der Waals surface area contributed by atoms with Crippen molar-refractivity contribution in [3.05, 3.63) is 58.6 Å². The SMILES string of the molecule is C[C@@H]1CN(C(=O)c2ccc(OCC(C)(C)O)cc2Cl)c2ccccc2CN1. The van der Waals surface area contributed by atoms with E-state index in [0.29, 0.717) is 22.9 Å². The molecule has 0 aromatic heterocycles. The molecule has 1 amide bonds. The van der Waals surface area contributed by atoms with Crippen molar-refractivity contribution in [3.63, 3.8) is 0 Å². The van der Waals surface area contributed by atoms with E-state index in [1.165, 1.54) is 0 Å². The lowest BCUT2D eigenvalue weighted by Gasteiger charge is -2.25. The average molecular weight is 389 g/mol. The second-order valence-electron chi connectivity index (χ2n) is 7.57. The van der Waals surface area contributed by atoms with E-state index in [0.717, 1.165) is 17.8 Å². The second-order valence-corrected chi connectivity index (χ2v) is 7.98. The van der Waals surface area contributed by atoms with Crippen molar-refractivity contribution in [1.29, 1.82) is 0 Å². The van der Waals surface area contributed by atoms with Crippen LogP contribution < -0.4 is 15.0 Å². The highest BCUT2D eigenvalue weighted by Gasteiger charge is 2.26. The molecule has 6 heteroatoms. The van der Waals surface area contributed by atoms with Crippen LogP contribution in [0.3, 0.4) is 0 Å². The van der Waals surface area contributed by atoms with Crippen molar-refractivity contribution >= 4 is 23.2 Å². The molecular formula is C21H25ClN2O3. The van der Waals surface area contributed by atoms with Crippen molar-refractivity contribution in [2.24, 2.45) is 0 Å². The molecule has 144 valence electrons. The fourth-order valence-electron chi connectivity index (χ4n) is 3.00. The van der Waals surface area contributed by atoms with Crippen LogP contribution in [0.1, 0.15) is 36.7 Å². The number of aliphatic hydroxyl groups is 1. The van der Waals surface area contributed by atoms with Gasteiger partial charge >= 0.3 is 0 Å². The largest absolute Gasteiger partial charge is 0.491 e. The number of benzene rings is 2. The van der Waals surface area contributed by atoms with Gasteiger partial charge in [-0.2, -0.15) is 0 Å². The van der Waals surface area contributed by atoms with E-state index in [2.05, 4.69) is 12.2 Å². The lowest BCUT2D eigenvalue weighted by molar-refractivity contribution is 0.0285. The summed E-state index contributed by atoms with van der Waals surface area (Å²) in [5.41, 5.74) is 1.46. The van der Waals surface area contributed by atoms with Crippen LogP contribution in [-0.4, -0.2) is 35.8 Å². The minimum absolute atomic E-state index is 0.138. The second kappa shape index (κ2) is 7.89. The van der Waals surface area contributed by atoms with Crippen molar-refractivity contribution in [2.75, 3.05) is 18.1 Å². The van der Waals surface area contributed by atoms with E-state index in [9.17, 15) is 9.90 Å². The average Bonchev–Trinajstić information content (AvgIpc) is 2.78. The maximum absolute atomic E-state index is 13.2. The molecule has 5 nitrogen and oxygen atoms in total. The molecule has 27 heavy (non-hydrogen) atoms. The molecule has 1 aliphatic rings. The van der Waals surface area contributed by atoms with Crippen LogP contribution >= 0.6 is 11.6 Å². The number of carbonyl (C=O) groups is 1. The number of fused-ring (bicyclic) bond motifs is 1. The summed E-state index contributed by atoms with van der Waals surface area (Å²) in [6, 6.07) is 13.1. The highest BCUT2D eigenvalue weighted by atomic mass is 35.5. The fraction of sp³-hybridized carbons (Fsp3) is 0.381. The van der Waals surface area contributed by atoms with Crippen LogP contribution in [0.25, 0.3) is 0 Å². The normalized spacial score (nSPS) is 17.2. The van der Waals surface area contributed by atoms with Crippen LogP contribution in [0.2, 0.25) is 5.02 Å². The molecule has 0 radical (unpaired) electrons. The van der Waals surface area contributed by atoms with Gasteiger partial charge in [0.2, 0.25) is 0 Å². The van der Waals surface area contributed by atoms with Crippen molar-refractivity contribution < 1.29 is 14.6 Å². The third-order valence-corrected chi connectivity index (χ3v) is 4.70. The van der Waals surface area contributed by atoms with Gasteiger partial charge in [0.15, 0.2) is 0 Å². The summed E-state index contributed by atoms with van der Waals surface area (Å²) < 4.78 is 5.56. The van der Waals surface area contributed by atoms with Crippen LogP contribution in [0.4, 0.5) is 5.69 Å². The molecule has 1 aliphatic heterocycles. The number of anilines is 1. The number of hydrogen-bond acceptors (Lipinski definition) is 4. The number of carbonyl (C=O) groups excluding carboxylic acids is 1. The zero-order valence-electron chi connectivity index (χ0n) is 15.8. The molecule has 1 heterocycles. The maximum Gasteiger partial charge on any atom is 0.259 e. The summed E-state index contributed by atoms with van der Waals surface area (Å²) >= 11 is 6.39. The van der Waals surface area contributed by atoms with E-state index in [1.54, 1.807) is 36.9 Å². The van der Waals surface area contributed by atoms with E-state index in [1.807, 2.05) is 24.3 Å². The number of nitrogens with zero attached hydrogens (tertiary/aromatic N) is 1. The standard InChI is InChI=1S/C21H25ClN2O3/c1-14-12-24(19-7-5-4-6-15(19)11-23-14)20(25)17-9-8-16(10-18(17)22)27-13-21(2,3)26/h4-10,14,23,26H,11-13H2,1-3H3/t14-/m1/s1. The third kappa shape index (κ3) is 4.80. The molecule has 0 saturated heterocycles. The fourth-order valence-corrected chi connectivity index (χ4v) is 3.25. The molecule has 0 saturated carbocycles. The lowest BCUT2D eigenvalue weighted by Crippen LogP contribution is -2.39. The van der Waals surface area contributed by atoms with Gasteiger partial charge < -0.3 is 20.1 Å². The van der Waals surface area contributed by atoms with Crippen molar-refractivity contribution in [2.45, 2.75) is 39.0 Å². The van der Waals surface area contributed by atoms with E-state index >= 15 is 0 Å². The highest BCUT2D eigenvalue weighted by molar-refractivity contribution is 6.34. The van der Waals surface area contributed by atoms with Crippen molar-refractivity contribution in [3.8, 4) is 5.75 Å². The predicted octanol–water partition coefficient (Wildman–Crippen LogP) is 3.63. The molecule has 0 bridgehead atoms. The molecule has 3 rings (SSSR count). The van der Waals surface area contributed by atoms with Crippen LogP contribution in [-0.2, 0) is 6.54 Å². The van der Waals surface area contributed by atoms with Crippen LogP contribution in [0.5, 0.6) is 5.75 Å². The highest BCUT2D eigenvalue weighted by Crippen LogP contribution is 2.29. The Hall–Kier alpha value is -2.08. The third-order valence-electron chi connectivity index (χ3n) is 4.39. The zero-order chi connectivity index (χ0) is 19.6. The maximum atomic E-state index is 13.2. The number of nitrogens with one attached hydrogen (secondary N) is 1. The number of para-hydroxylation sites is 1. The van der Waals surface area contributed by atoms with Gasteiger partial charge in [0.05, 0.1) is 16.2 Å².